The quantitative estimate of drug-likeness (QED) is 0.675. The van der Waals surface area contributed by atoms with Gasteiger partial charge in [-0.05, 0) is 0 Å². The maximum atomic E-state index is 11.9. The molecular formula is C13H25N3O4S. The Hall–Kier alpha value is -1.15. The normalized spacial score (nSPS) is 17.0. The van der Waals surface area contributed by atoms with Gasteiger partial charge < -0.3 is 10.2 Å². The molecule has 7 nitrogen and oxygen atoms in total. The van der Waals surface area contributed by atoms with E-state index in [9.17, 15) is 18.0 Å². The van der Waals surface area contributed by atoms with Crippen molar-refractivity contribution < 1.29 is 18.0 Å². The van der Waals surface area contributed by atoms with Gasteiger partial charge in [-0.1, -0.05) is 13.8 Å². The summed E-state index contributed by atoms with van der Waals surface area (Å²) in [4.78, 5) is 27.1. The number of amides is 2. The average molecular weight is 319 g/mol. The number of nitrogens with one attached hydrogen (secondary N) is 1. The third-order valence-corrected chi connectivity index (χ3v) is 4.37. The van der Waals surface area contributed by atoms with E-state index in [-0.39, 0.29) is 30.0 Å². The molecule has 1 N–H and O–H groups in total. The zero-order chi connectivity index (χ0) is 16.0. The van der Waals surface area contributed by atoms with Crippen LogP contribution in [0.15, 0.2) is 0 Å². The van der Waals surface area contributed by atoms with Crippen LogP contribution in [-0.2, 0) is 19.4 Å². The van der Waals surface area contributed by atoms with Gasteiger partial charge in [0.15, 0.2) is 0 Å². The Balaban J connectivity index is 2.29. The monoisotopic (exact) mass is 319 g/mol. The van der Waals surface area contributed by atoms with Crippen molar-refractivity contribution in [3.05, 3.63) is 0 Å². The van der Waals surface area contributed by atoms with Crippen LogP contribution in [0.1, 0.15) is 13.8 Å². The number of nitrogens with zero attached hydrogens (tertiary/aromatic N) is 2. The summed E-state index contributed by atoms with van der Waals surface area (Å²) in [5.41, 5.74) is 0. The van der Waals surface area contributed by atoms with Gasteiger partial charge in [0, 0.05) is 44.9 Å². The minimum Gasteiger partial charge on any atom is -0.347 e. The minimum atomic E-state index is -2.95. The molecule has 1 heterocycles. The summed E-state index contributed by atoms with van der Waals surface area (Å²) < 4.78 is 22.2. The Morgan fingerprint density at radius 2 is 1.71 bits per heavy atom. The molecule has 0 aromatic rings. The summed E-state index contributed by atoms with van der Waals surface area (Å²) in [6.07, 6.45) is 1.23. The summed E-state index contributed by atoms with van der Waals surface area (Å²) in [6, 6.07) is 0. The molecule has 0 aromatic heterocycles. The van der Waals surface area contributed by atoms with Crippen LogP contribution in [0.4, 0.5) is 0 Å². The number of hydrogen-bond donors (Lipinski definition) is 1. The minimum absolute atomic E-state index is 0.0281. The molecule has 1 rings (SSSR count). The van der Waals surface area contributed by atoms with Gasteiger partial charge in [0.25, 0.3) is 0 Å². The summed E-state index contributed by atoms with van der Waals surface area (Å²) in [7, 11) is -2.95. The van der Waals surface area contributed by atoms with Gasteiger partial charge in [0.05, 0.1) is 12.3 Å². The molecule has 0 aliphatic carbocycles. The van der Waals surface area contributed by atoms with Gasteiger partial charge >= 0.3 is 0 Å². The van der Waals surface area contributed by atoms with Crippen LogP contribution < -0.4 is 5.32 Å². The molecule has 0 saturated carbocycles. The second-order valence-corrected chi connectivity index (χ2v) is 7.98. The first-order chi connectivity index (χ1) is 9.69. The maximum Gasteiger partial charge on any atom is 0.242 e. The van der Waals surface area contributed by atoms with Crippen LogP contribution in [-0.4, -0.2) is 81.3 Å². The fraction of sp³-hybridized carbons (Fsp3) is 0.846. The first-order valence-corrected chi connectivity index (χ1v) is 9.20. The van der Waals surface area contributed by atoms with Crippen LogP contribution in [0, 0.1) is 5.92 Å². The fourth-order valence-electron chi connectivity index (χ4n) is 1.99. The highest BCUT2D eigenvalue weighted by molar-refractivity contribution is 7.90. The van der Waals surface area contributed by atoms with Gasteiger partial charge in [-0.3, -0.25) is 14.5 Å². The highest BCUT2D eigenvalue weighted by Crippen LogP contribution is 2.02. The molecule has 1 aliphatic heterocycles. The Bertz CT molecular complexity index is 468. The second kappa shape index (κ2) is 7.74. The van der Waals surface area contributed by atoms with Gasteiger partial charge in [-0.2, -0.15) is 0 Å². The summed E-state index contributed by atoms with van der Waals surface area (Å²) in [6.45, 7) is 6.56. The molecule has 0 spiro atoms. The summed E-state index contributed by atoms with van der Waals surface area (Å²) in [5, 5.41) is 2.61. The molecule has 0 unspecified atom stereocenters. The molecule has 0 bridgehead atoms. The lowest BCUT2D eigenvalue weighted by Crippen LogP contribution is -2.52. The Morgan fingerprint density at radius 1 is 1.14 bits per heavy atom. The van der Waals surface area contributed by atoms with Crippen LogP contribution in [0.5, 0.6) is 0 Å². The number of rotatable bonds is 6. The van der Waals surface area contributed by atoms with E-state index in [0.717, 1.165) is 0 Å². The Morgan fingerprint density at radius 3 is 2.19 bits per heavy atom. The van der Waals surface area contributed by atoms with Crippen molar-refractivity contribution in [1.82, 2.24) is 15.1 Å². The zero-order valence-electron chi connectivity index (χ0n) is 13.0. The van der Waals surface area contributed by atoms with Crippen LogP contribution in [0.2, 0.25) is 0 Å². The highest BCUT2D eigenvalue weighted by Gasteiger charge is 2.22. The van der Waals surface area contributed by atoms with Gasteiger partial charge in [0.1, 0.15) is 9.84 Å². The van der Waals surface area contributed by atoms with E-state index in [1.54, 1.807) is 18.7 Å². The molecule has 1 fully saturated rings. The third kappa shape index (κ3) is 6.90. The average Bonchev–Trinajstić information content (AvgIpc) is 2.41. The molecule has 1 aliphatic rings. The fourth-order valence-corrected chi connectivity index (χ4v) is 2.58. The molecular weight excluding hydrogens is 294 g/mol. The van der Waals surface area contributed by atoms with Crippen LogP contribution in [0.25, 0.3) is 0 Å². The molecule has 0 atom stereocenters. The van der Waals surface area contributed by atoms with E-state index in [1.807, 2.05) is 4.90 Å². The van der Waals surface area contributed by atoms with Gasteiger partial charge in [0.2, 0.25) is 11.8 Å². The SMILES string of the molecule is CC(C)C(=O)NCC(=O)N1CCN(CCS(C)(=O)=O)CC1. The largest absolute Gasteiger partial charge is 0.347 e. The molecule has 8 heteroatoms. The summed E-state index contributed by atoms with van der Waals surface area (Å²) in [5.74, 6) is -0.210. The smallest absolute Gasteiger partial charge is 0.242 e. The first kappa shape index (κ1) is 17.9. The van der Waals surface area contributed by atoms with E-state index >= 15 is 0 Å². The number of carbonyl (C=O) groups excluding carboxylic acids is 2. The van der Waals surface area contributed by atoms with Crippen molar-refractivity contribution >= 4 is 21.7 Å². The molecule has 122 valence electrons. The van der Waals surface area contributed by atoms with Crippen molar-refractivity contribution in [2.24, 2.45) is 5.92 Å². The van der Waals surface area contributed by atoms with Crippen molar-refractivity contribution in [2.75, 3.05) is 51.3 Å². The lowest BCUT2D eigenvalue weighted by Gasteiger charge is -2.34. The topological polar surface area (TPSA) is 86.8 Å². The van der Waals surface area contributed by atoms with Crippen molar-refractivity contribution in [3.63, 3.8) is 0 Å². The number of piperazine rings is 1. The van der Waals surface area contributed by atoms with Crippen molar-refractivity contribution in [1.29, 1.82) is 0 Å². The Kier molecular flexibility index (Phi) is 6.60. The predicted octanol–water partition coefficient (Wildman–Crippen LogP) is -1.05. The second-order valence-electron chi connectivity index (χ2n) is 5.72. The van der Waals surface area contributed by atoms with E-state index in [2.05, 4.69) is 5.32 Å². The van der Waals surface area contributed by atoms with Crippen molar-refractivity contribution in [3.8, 4) is 0 Å². The van der Waals surface area contributed by atoms with E-state index in [0.29, 0.717) is 32.7 Å². The van der Waals surface area contributed by atoms with Crippen molar-refractivity contribution in [2.45, 2.75) is 13.8 Å². The molecule has 2 amide bonds. The molecule has 0 radical (unpaired) electrons. The Labute approximate surface area is 126 Å². The van der Waals surface area contributed by atoms with Gasteiger partial charge in [-0.15, -0.1) is 0 Å². The van der Waals surface area contributed by atoms with Crippen LogP contribution in [0.3, 0.4) is 0 Å². The number of carbonyl (C=O) groups is 2. The molecule has 0 aromatic carbocycles. The predicted molar refractivity (Wildman–Crippen MR) is 80.6 cm³/mol. The molecule has 21 heavy (non-hydrogen) atoms. The van der Waals surface area contributed by atoms with E-state index < -0.39 is 9.84 Å². The lowest BCUT2D eigenvalue weighted by molar-refractivity contribution is -0.134. The van der Waals surface area contributed by atoms with Crippen LogP contribution >= 0.6 is 0 Å². The molecule has 1 saturated heterocycles. The standard InChI is InChI=1S/C13H25N3O4S/c1-11(2)13(18)14-10-12(17)16-6-4-15(5-7-16)8-9-21(3,19)20/h11H,4-10H2,1-3H3,(H,14,18). The highest BCUT2D eigenvalue weighted by atomic mass is 32.2. The van der Waals surface area contributed by atoms with Gasteiger partial charge in [-0.25, -0.2) is 8.42 Å². The number of sulfone groups is 1. The number of hydrogen-bond acceptors (Lipinski definition) is 5. The third-order valence-electron chi connectivity index (χ3n) is 3.44. The first-order valence-electron chi connectivity index (χ1n) is 7.14. The maximum absolute atomic E-state index is 11.9. The van der Waals surface area contributed by atoms with E-state index in [4.69, 9.17) is 0 Å². The summed E-state index contributed by atoms with van der Waals surface area (Å²) >= 11 is 0. The lowest BCUT2D eigenvalue weighted by atomic mass is 10.2. The van der Waals surface area contributed by atoms with E-state index in [1.165, 1.54) is 6.26 Å². The zero-order valence-corrected chi connectivity index (χ0v) is 13.8.